The average molecular weight is 248 g/mol. The molecule has 82 valence electrons. The molecule has 0 aliphatic rings. The molecule has 4 heteroatoms. The molecule has 0 N–H and O–H groups in total. The Morgan fingerprint density at radius 1 is 1.38 bits per heavy atom. The van der Waals surface area contributed by atoms with E-state index in [1.165, 1.54) is 5.56 Å². The van der Waals surface area contributed by atoms with Crippen molar-refractivity contribution in [1.29, 1.82) is 0 Å². The van der Waals surface area contributed by atoms with Gasteiger partial charge in [-0.05, 0) is 12.5 Å². The summed E-state index contributed by atoms with van der Waals surface area (Å²) >= 11 is 7.00. The number of imidazole rings is 1. The van der Waals surface area contributed by atoms with Crippen molar-refractivity contribution in [2.24, 2.45) is 0 Å². The third-order valence-corrected chi connectivity index (χ3v) is 3.80. The molecule has 0 amide bonds. The van der Waals surface area contributed by atoms with Gasteiger partial charge in [-0.2, -0.15) is 0 Å². The molecule has 0 saturated carbocycles. The quantitative estimate of drug-likeness (QED) is 0.757. The van der Waals surface area contributed by atoms with E-state index in [1.54, 1.807) is 24.3 Å². The van der Waals surface area contributed by atoms with Crippen LogP contribution in [0.15, 0.2) is 49.1 Å². The third kappa shape index (κ3) is 2.71. The fraction of sp³-hybridized carbons (Fsp3) is 0.167. The Labute approximate surface area is 105 Å². The number of thioether (sulfide) groups is 1. The van der Waals surface area contributed by atoms with Gasteiger partial charge in [0.2, 0.25) is 0 Å². The Hall–Kier alpha value is -1.13. The van der Waals surface area contributed by atoms with Crippen molar-refractivity contribution in [3.8, 4) is 0 Å². The van der Waals surface area contributed by atoms with Crippen molar-refractivity contribution < 1.29 is 0 Å². The van der Waals surface area contributed by atoms with E-state index in [4.69, 9.17) is 12.2 Å². The van der Waals surface area contributed by atoms with Gasteiger partial charge in [0.05, 0.1) is 0 Å². The van der Waals surface area contributed by atoms with E-state index in [1.807, 2.05) is 29.0 Å². The first-order valence-electron chi connectivity index (χ1n) is 5.01. The molecule has 1 heterocycles. The van der Waals surface area contributed by atoms with Crippen LogP contribution in [0.5, 0.6) is 0 Å². The van der Waals surface area contributed by atoms with Gasteiger partial charge in [-0.1, -0.05) is 54.3 Å². The molecule has 0 aliphatic heterocycles. The average Bonchev–Trinajstić information content (AvgIpc) is 2.83. The second-order valence-corrected chi connectivity index (χ2v) is 5.38. The molecular formula is C12H12N2S2. The summed E-state index contributed by atoms with van der Waals surface area (Å²) in [6.45, 7) is 2.16. The molecule has 16 heavy (non-hydrogen) atoms. The van der Waals surface area contributed by atoms with Gasteiger partial charge in [-0.25, -0.2) is 4.98 Å². The molecule has 0 spiro atoms. The maximum absolute atomic E-state index is 5.34. The molecule has 0 radical (unpaired) electrons. The topological polar surface area (TPSA) is 17.8 Å². The van der Waals surface area contributed by atoms with Crippen molar-refractivity contribution in [1.82, 2.24) is 9.55 Å². The zero-order valence-corrected chi connectivity index (χ0v) is 10.5. The maximum atomic E-state index is 5.34. The van der Waals surface area contributed by atoms with Crippen LogP contribution in [0.4, 0.5) is 0 Å². The first kappa shape index (κ1) is 11.4. The summed E-state index contributed by atoms with van der Waals surface area (Å²) in [4.78, 5) is 3.99. The van der Waals surface area contributed by atoms with Gasteiger partial charge in [-0.3, -0.25) is 4.57 Å². The van der Waals surface area contributed by atoms with Crippen LogP contribution in [0.3, 0.4) is 0 Å². The molecule has 1 aromatic carbocycles. The number of benzene rings is 1. The van der Waals surface area contributed by atoms with Crippen molar-refractivity contribution in [3.63, 3.8) is 0 Å². The standard InChI is InChI=1S/C12H12N2S2/c1-10(11-5-3-2-4-6-11)16-12(15)14-8-7-13-9-14/h2-10H,1H3. The molecule has 2 rings (SSSR count). The highest BCUT2D eigenvalue weighted by Gasteiger charge is 2.09. The summed E-state index contributed by atoms with van der Waals surface area (Å²) in [6, 6.07) is 10.4. The third-order valence-electron chi connectivity index (χ3n) is 2.26. The smallest absolute Gasteiger partial charge is 0.146 e. The molecule has 1 unspecified atom stereocenters. The summed E-state index contributed by atoms with van der Waals surface area (Å²) in [6.07, 6.45) is 5.33. The van der Waals surface area contributed by atoms with Crippen molar-refractivity contribution in [2.45, 2.75) is 12.2 Å². The molecule has 1 aromatic heterocycles. The van der Waals surface area contributed by atoms with Gasteiger partial charge >= 0.3 is 0 Å². The Kier molecular flexibility index (Phi) is 3.74. The van der Waals surface area contributed by atoms with Crippen LogP contribution in [-0.4, -0.2) is 13.9 Å². The number of hydrogen-bond donors (Lipinski definition) is 0. The van der Waals surface area contributed by atoms with Gasteiger partial charge in [0, 0.05) is 17.6 Å². The largest absolute Gasteiger partial charge is 0.291 e. The molecular weight excluding hydrogens is 236 g/mol. The minimum Gasteiger partial charge on any atom is -0.291 e. The van der Waals surface area contributed by atoms with Gasteiger partial charge in [0.1, 0.15) is 10.6 Å². The fourth-order valence-corrected chi connectivity index (χ4v) is 2.74. The van der Waals surface area contributed by atoms with E-state index in [0.29, 0.717) is 5.25 Å². The van der Waals surface area contributed by atoms with Crippen LogP contribution < -0.4 is 0 Å². The molecule has 0 bridgehead atoms. The summed E-state index contributed by atoms with van der Waals surface area (Å²) in [5.74, 6) is 0. The first-order valence-corrected chi connectivity index (χ1v) is 6.30. The number of nitrogens with zero attached hydrogens (tertiary/aromatic N) is 2. The van der Waals surface area contributed by atoms with Crippen molar-refractivity contribution in [2.75, 3.05) is 0 Å². The monoisotopic (exact) mass is 248 g/mol. The van der Waals surface area contributed by atoms with Gasteiger partial charge < -0.3 is 0 Å². The van der Waals surface area contributed by atoms with Crippen LogP contribution in [0.2, 0.25) is 0 Å². The Balaban J connectivity index is 2.03. The summed E-state index contributed by atoms with van der Waals surface area (Å²) in [7, 11) is 0. The van der Waals surface area contributed by atoms with Crippen LogP contribution in [-0.2, 0) is 0 Å². The zero-order chi connectivity index (χ0) is 11.4. The molecule has 0 fully saturated rings. The lowest BCUT2D eigenvalue weighted by atomic mass is 10.2. The van der Waals surface area contributed by atoms with Gasteiger partial charge in [0.25, 0.3) is 0 Å². The minimum absolute atomic E-state index is 0.358. The number of rotatable bonds is 2. The minimum atomic E-state index is 0.358. The normalized spacial score (nSPS) is 12.3. The molecule has 0 saturated heterocycles. The summed E-state index contributed by atoms with van der Waals surface area (Å²) in [5.41, 5.74) is 1.29. The van der Waals surface area contributed by atoms with E-state index in [0.717, 1.165) is 4.32 Å². The van der Waals surface area contributed by atoms with E-state index >= 15 is 0 Å². The summed E-state index contributed by atoms with van der Waals surface area (Å²) in [5, 5.41) is 0.358. The van der Waals surface area contributed by atoms with Gasteiger partial charge in [-0.15, -0.1) is 0 Å². The summed E-state index contributed by atoms with van der Waals surface area (Å²) < 4.78 is 2.69. The molecule has 1 atom stereocenters. The second-order valence-electron chi connectivity index (χ2n) is 3.41. The zero-order valence-electron chi connectivity index (χ0n) is 8.91. The van der Waals surface area contributed by atoms with Gasteiger partial charge in [0.15, 0.2) is 0 Å². The molecule has 2 nitrogen and oxygen atoms in total. The Morgan fingerprint density at radius 3 is 2.75 bits per heavy atom. The highest BCUT2D eigenvalue weighted by Crippen LogP contribution is 2.29. The number of thiocarbonyl (C=S) groups is 1. The van der Waals surface area contributed by atoms with Crippen LogP contribution in [0, 0.1) is 0 Å². The fourth-order valence-electron chi connectivity index (χ4n) is 1.37. The van der Waals surface area contributed by atoms with E-state index in [9.17, 15) is 0 Å². The lowest BCUT2D eigenvalue weighted by Crippen LogP contribution is -2.03. The lowest BCUT2D eigenvalue weighted by molar-refractivity contribution is 1.10. The van der Waals surface area contributed by atoms with E-state index < -0.39 is 0 Å². The second kappa shape index (κ2) is 5.27. The highest BCUT2D eigenvalue weighted by molar-refractivity contribution is 8.23. The lowest BCUT2D eigenvalue weighted by Gasteiger charge is -2.12. The van der Waals surface area contributed by atoms with Crippen molar-refractivity contribution in [3.05, 3.63) is 54.6 Å². The van der Waals surface area contributed by atoms with Crippen LogP contribution in [0.25, 0.3) is 0 Å². The maximum Gasteiger partial charge on any atom is 0.146 e. The Bertz CT molecular complexity index is 451. The highest BCUT2D eigenvalue weighted by atomic mass is 32.2. The number of hydrogen-bond acceptors (Lipinski definition) is 3. The molecule has 0 aliphatic carbocycles. The first-order chi connectivity index (χ1) is 7.77. The van der Waals surface area contributed by atoms with Crippen molar-refractivity contribution >= 4 is 28.3 Å². The Morgan fingerprint density at radius 2 is 2.12 bits per heavy atom. The van der Waals surface area contributed by atoms with E-state index in [-0.39, 0.29) is 0 Å². The SMILES string of the molecule is CC(SC(=S)n1ccnc1)c1ccccc1. The predicted octanol–water partition coefficient (Wildman–Crippen LogP) is 3.51. The molecule has 2 aromatic rings. The van der Waals surface area contributed by atoms with Crippen LogP contribution in [0.1, 0.15) is 17.7 Å². The predicted molar refractivity (Wildman–Crippen MR) is 72.7 cm³/mol. The number of aromatic nitrogens is 2. The van der Waals surface area contributed by atoms with E-state index in [2.05, 4.69) is 24.0 Å². The van der Waals surface area contributed by atoms with Crippen LogP contribution >= 0.6 is 24.0 Å².